The van der Waals surface area contributed by atoms with Crippen molar-refractivity contribution in [3.8, 4) is 6.07 Å². The van der Waals surface area contributed by atoms with Gasteiger partial charge in [0.2, 0.25) is 5.82 Å². The number of rotatable bonds is 5. The van der Waals surface area contributed by atoms with Crippen molar-refractivity contribution in [2.45, 2.75) is 45.3 Å². The summed E-state index contributed by atoms with van der Waals surface area (Å²) in [6.07, 6.45) is 2.39. The smallest absolute Gasteiger partial charge is 0.410 e. The number of aromatic amines is 1. The van der Waals surface area contributed by atoms with Crippen LogP contribution < -0.4 is 10.6 Å². The molecule has 0 bridgehead atoms. The van der Waals surface area contributed by atoms with Crippen LogP contribution in [0.15, 0.2) is 24.4 Å². The molecule has 0 spiro atoms. The topological polar surface area (TPSA) is 132 Å². The van der Waals surface area contributed by atoms with E-state index in [1.54, 1.807) is 17.0 Å². The lowest BCUT2D eigenvalue weighted by Gasteiger charge is -2.34. The van der Waals surface area contributed by atoms with E-state index in [0.29, 0.717) is 31.6 Å². The van der Waals surface area contributed by atoms with Crippen LogP contribution in [-0.4, -0.2) is 56.3 Å². The van der Waals surface area contributed by atoms with Crippen LogP contribution in [0.2, 0.25) is 0 Å². The minimum Gasteiger partial charge on any atom is -0.444 e. The van der Waals surface area contributed by atoms with Crippen LogP contribution in [0.3, 0.4) is 0 Å². The third-order valence-electron chi connectivity index (χ3n) is 4.59. The lowest BCUT2D eigenvalue weighted by atomic mass is 10.0. The maximum absolute atomic E-state index is 14.5. The summed E-state index contributed by atoms with van der Waals surface area (Å²) in [5.74, 6) is -0.367. The molecule has 10 nitrogen and oxygen atoms in total. The second-order valence-electron chi connectivity index (χ2n) is 8.10. The molecule has 0 aliphatic carbocycles. The average Bonchev–Trinajstić information content (AvgIpc) is 3.24. The van der Waals surface area contributed by atoms with Crippen LogP contribution in [0.4, 0.5) is 20.6 Å². The summed E-state index contributed by atoms with van der Waals surface area (Å²) in [6.45, 7) is 6.59. The number of nitrogens with one attached hydrogen (secondary N) is 3. The van der Waals surface area contributed by atoms with Crippen LogP contribution >= 0.6 is 0 Å². The van der Waals surface area contributed by atoms with Crippen molar-refractivity contribution in [2.24, 2.45) is 0 Å². The number of para-hydroxylation sites is 1. The third-order valence-corrected chi connectivity index (χ3v) is 4.59. The number of nitriles is 1. The SMILES string of the molecule is CC(C)(C)OC(=O)N1CCC(Nc2cccc(F)c2NC=C(C#N)c2nn[nH]n2)CC1. The standard InChI is InChI=1S/C20H25FN8O2/c1-20(2,3)31-19(30)29-9-7-14(8-10-29)24-16-6-4-5-15(21)17(16)23-12-13(11-22)18-25-27-28-26-18/h4-6,12,14,23-24H,7-10H2,1-3H3,(H,25,26,27,28). The molecule has 1 aliphatic rings. The van der Waals surface area contributed by atoms with Gasteiger partial charge in [0.15, 0.2) is 0 Å². The number of amides is 1. The number of benzene rings is 1. The van der Waals surface area contributed by atoms with Gasteiger partial charge in [0.05, 0.1) is 11.4 Å². The van der Waals surface area contributed by atoms with Gasteiger partial charge in [0.25, 0.3) is 0 Å². The van der Waals surface area contributed by atoms with Crippen molar-refractivity contribution in [3.05, 3.63) is 36.0 Å². The molecule has 2 aromatic rings. The van der Waals surface area contributed by atoms with Crippen LogP contribution in [0, 0.1) is 17.1 Å². The molecule has 3 N–H and O–H groups in total. The number of nitrogens with zero attached hydrogens (tertiary/aromatic N) is 5. The van der Waals surface area contributed by atoms with Crippen molar-refractivity contribution in [1.29, 1.82) is 5.26 Å². The molecule has 0 radical (unpaired) electrons. The van der Waals surface area contributed by atoms with Gasteiger partial charge in [0, 0.05) is 25.3 Å². The first kappa shape index (κ1) is 22.0. The number of piperidine rings is 1. The van der Waals surface area contributed by atoms with E-state index in [0.717, 1.165) is 0 Å². The van der Waals surface area contributed by atoms with Gasteiger partial charge >= 0.3 is 6.09 Å². The molecule has 1 aromatic heterocycles. The maximum Gasteiger partial charge on any atom is 0.410 e. The highest BCUT2D eigenvalue weighted by atomic mass is 19.1. The number of hydrogen-bond acceptors (Lipinski definition) is 8. The number of aromatic nitrogens is 4. The van der Waals surface area contributed by atoms with Crippen LogP contribution in [-0.2, 0) is 4.74 Å². The Morgan fingerprint density at radius 1 is 1.39 bits per heavy atom. The summed E-state index contributed by atoms with van der Waals surface area (Å²) in [5.41, 5.74) is 0.324. The number of anilines is 2. The minimum absolute atomic E-state index is 0.0534. The average molecular weight is 428 g/mol. The van der Waals surface area contributed by atoms with Crippen molar-refractivity contribution in [3.63, 3.8) is 0 Å². The summed E-state index contributed by atoms with van der Waals surface area (Å²) in [4.78, 5) is 13.9. The molecule has 11 heteroatoms. The lowest BCUT2D eigenvalue weighted by Crippen LogP contribution is -2.44. The summed E-state index contributed by atoms with van der Waals surface area (Å²) < 4.78 is 19.9. The van der Waals surface area contributed by atoms with E-state index in [1.807, 2.05) is 26.8 Å². The Bertz CT molecular complexity index is 970. The molecule has 0 saturated carbocycles. The molecule has 164 valence electrons. The first-order valence-corrected chi connectivity index (χ1v) is 9.90. The summed E-state index contributed by atoms with van der Waals surface area (Å²) in [6, 6.07) is 6.68. The summed E-state index contributed by atoms with van der Waals surface area (Å²) in [7, 11) is 0. The second kappa shape index (κ2) is 9.42. The zero-order valence-electron chi connectivity index (χ0n) is 17.6. The van der Waals surface area contributed by atoms with Gasteiger partial charge in [-0.25, -0.2) is 9.18 Å². The molecule has 2 heterocycles. The molecule has 1 aromatic carbocycles. The molecule has 1 amide bonds. The van der Waals surface area contributed by atoms with Crippen molar-refractivity contribution in [1.82, 2.24) is 25.5 Å². The molecule has 0 atom stereocenters. The number of carbonyl (C=O) groups is 1. The molecule has 31 heavy (non-hydrogen) atoms. The highest BCUT2D eigenvalue weighted by Gasteiger charge is 2.27. The number of carbonyl (C=O) groups excluding carboxylic acids is 1. The Labute approximate surface area is 179 Å². The van der Waals surface area contributed by atoms with E-state index >= 15 is 0 Å². The number of tetrazole rings is 1. The molecule has 1 fully saturated rings. The van der Waals surface area contributed by atoms with Crippen molar-refractivity contribution >= 4 is 23.0 Å². The van der Waals surface area contributed by atoms with Gasteiger partial charge in [0.1, 0.15) is 23.1 Å². The van der Waals surface area contributed by atoms with Crippen LogP contribution in [0.25, 0.3) is 5.57 Å². The molecular formula is C20H25FN8O2. The zero-order chi connectivity index (χ0) is 22.4. The lowest BCUT2D eigenvalue weighted by molar-refractivity contribution is 0.0210. The number of hydrogen-bond donors (Lipinski definition) is 3. The maximum atomic E-state index is 14.5. The first-order chi connectivity index (χ1) is 14.8. The fraction of sp³-hybridized carbons (Fsp3) is 0.450. The van der Waals surface area contributed by atoms with Gasteiger partial charge < -0.3 is 20.3 Å². The third kappa shape index (κ3) is 5.91. The number of halogens is 1. The van der Waals surface area contributed by atoms with Crippen LogP contribution in [0.5, 0.6) is 0 Å². The Morgan fingerprint density at radius 3 is 2.74 bits per heavy atom. The number of ether oxygens (including phenoxy) is 1. The number of H-pyrrole nitrogens is 1. The fourth-order valence-corrected chi connectivity index (χ4v) is 3.11. The van der Waals surface area contributed by atoms with E-state index in [9.17, 15) is 14.4 Å². The first-order valence-electron chi connectivity index (χ1n) is 9.90. The Kier molecular flexibility index (Phi) is 6.69. The van der Waals surface area contributed by atoms with E-state index < -0.39 is 11.4 Å². The zero-order valence-corrected chi connectivity index (χ0v) is 17.6. The van der Waals surface area contributed by atoms with E-state index in [-0.39, 0.29) is 29.2 Å². The second-order valence-corrected chi connectivity index (χ2v) is 8.10. The summed E-state index contributed by atoms with van der Waals surface area (Å²) in [5, 5.41) is 28.6. The monoisotopic (exact) mass is 428 g/mol. The van der Waals surface area contributed by atoms with Crippen LogP contribution in [0.1, 0.15) is 39.4 Å². The van der Waals surface area contributed by atoms with E-state index in [2.05, 4.69) is 31.3 Å². The highest BCUT2D eigenvalue weighted by Crippen LogP contribution is 2.28. The predicted molar refractivity (Wildman–Crippen MR) is 112 cm³/mol. The van der Waals surface area contributed by atoms with Crippen molar-refractivity contribution in [2.75, 3.05) is 23.7 Å². The van der Waals surface area contributed by atoms with Gasteiger partial charge in [-0.1, -0.05) is 6.07 Å². The molecule has 0 unspecified atom stereocenters. The summed E-state index contributed by atoms with van der Waals surface area (Å²) >= 11 is 0. The molecular weight excluding hydrogens is 403 g/mol. The number of likely N-dealkylation sites (tertiary alicyclic amines) is 1. The predicted octanol–water partition coefficient (Wildman–Crippen LogP) is 3.13. The molecule has 1 aliphatic heterocycles. The van der Waals surface area contributed by atoms with Gasteiger partial charge in [-0.05, 0) is 51.0 Å². The number of allylic oxidation sites excluding steroid dienone is 1. The van der Waals surface area contributed by atoms with Gasteiger partial charge in [-0.15, -0.1) is 10.2 Å². The normalized spacial score (nSPS) is 15.3. The Morgan fingerprint density at radius 2 is 2.13 bits per heavy atom. The fourth-order valence-electron chi connectivity index (χ4n) is 3.11. The molecule has 1 saturated heterocycles. The van der Waals surface area contributed by atoms with Crippen molar-refractivity contribution < 1.29 is 13.9 Å². The molecule has 3 rings (SSSR count). The minimum atomic E-state index is -0.536. The Balaban J connectivity index is 1.65. The largest absolute Gasteiger partial charge is 0.444 e. The quantitative estimate of drug-likeness (QED) is 0.619. The van der Waals surface area contributed by atoms with E-state index in [1.165, 1.54) is 12.3 Å². The Hall–Kier alpha value is -3.68. The van der Waals surface area contributed by atoms with E-state index in [4.69, 9.17) is 4.74 Å². The van der Waals surface area contributed by atoms with Gasteiger partial charge in [-0.2, -0.15) is 10.5 Å². The highest BCUT2D eigenvalue weighted by molar-refractivity contribution is 5.77. The van der Waals surface area contributed by atoms with Gasteiger partial charge in [-0.3, -0.25) is 0 Å².